The first-order valence-corrected chi connectivity index (χ1v) is 5.67. The van der Waals surface area contributed by atoms with E-state index in [1.54, 1.807) is 24.3 Å². The van der Waals surface area contributed by atoms with Gasteiger partial charge in [0, 0.05) is 19.4 Å². The molecule has 1 unspecified atom stereocenters. The minimum atomic E-state index is -0.472. The molecule has 1 heterocycles. The first kappa shape index (κ1) is 13.5. The van der Waals surface area contributed by atoms with Gasteiger partial charge in [-0.3, -0.25) is 4.98 Å². The quantitative estimate of drug-likeness (QED) is 0.792. The zero-order valence-corrected chi connectivity index (χ0v) is 11.1. The molecule has 4 heteroatoms. The second-order valence-corrected chi connectivity index (χ2v) is 5.05. The Kier molecular flexibility index (Phi) is 4.10. The molecule has 94 valence electrons. The molecule has 0 saturated heterocycles. The summed E-state index contributed by atoms with van der Waals surface area (Å²) in [7, 11) is 1.73. The Morgan fingerprint density at radius 2 is 2.12 bits per heavy atom. The van der Waals surface area contributed by atoms with Crippen molar-refractivity contribution in [3.63, 3.8) is 0 Å². The van der Waals surface area contributed by atoms with Gasteiger partial charge < -0.3 is 9.64 Å². The van der Waals surface area contributed by atoms with Crippen LogP contribution in [-0.2, 0) is 4.74 Å². The maximum absolute atomic E-state index is 11.9. The zero-order valence-electron chi connectivity index (χ0n) is 11.1. The minimum absolute atomic E-state index is 0.0569. The number of carbonyl (C=O) groups excluding carboxylic acids is 1. The number of ether oxygens (including phenoxy) is 1. The predicted octanol–water partition coefficient (Wildman–Crippen LogP) is 3.01. The summed E-state index contributed by atoms with van der Waals surface area (Å²) in [5.41, 5.74) is 0.515. The maximum atomic E-state index is 11.9. The Morgan fingerprint density at radius 3 is 2.59 bits per heavy atom. The molecule has 0 spiro atoms. The molecule has 0 saturated carbocycles. The standard InChI is InChI=1S/C13H20N2O2/c1-10(11-7-6-8-14-9-11)15(5)12(16)17-13(2,3)4/h6-10H,1-5H3. The molecule has 1 aromatic rings. The van der Waals surface area contributed by atoms with Gasteiger partial charge in [0.05, 0.1) is 6.04 Å². The van der Waals surface area contributed by atoms with Crippen molar-refractivity contribution in [3.8, 4) is 0 Å². The van der Waals surface area contributed by atoms with E-state index in [-0.39, 0.29) is 12.1 Å². The summed E-state index contributed by atoms with van der Waals surface area (Å²) in [6.07, 6.45) is 3.14. The fourth-order valence-corrected chi connectivity index (χ4v) is 1.34. The normalized spacial score (nSPS) is 13.0. The lowest BCUT2D eigenvalue weighted by Gasteiger charge is -2.28. The first-order valence-electron chi connectivity index (χ1n) is 5.67. The van der Waals surface area contributed by atoms with Crippen LogP contribution in [0.1, 0.15) is 39.3 Å². The van der Waals surface area contributed by atoms with Gasteiger partial charge in [0.15, 0.2) is 0 Å². The van der Waals surface area contributed by atoms with Gasteiger partial charge in [0.25, 0.3) is 0 Å². The van der Waals surface area contributed by atoms with Crippen LogP contribution in [0.3, 0.4) is 0 Å². The average molecular weight is 236 g/mol. The molecule has 0 N–H and O–H groups in total. The minimum Gasteiger partial charge on any atom is -0.444 e. The number of aromatic nitrogens is 1. The Morgan fingerprint density at radius 1 is 1.47 bits per heavy atom. The number of carbonyl (C=O) groups is 1. The molecule has 1 aromatic heterocycles. The molecular formula is C13H20N2O2. The van der Waals surface area contributed by atoms with Crippen LogP contribution in [0.25, 0.3) is 0 Å². The van der Waals surface area contributed by atoms with Crippen LogP contribution in [0.4, 0.5) is 4.79 Å². The van der Waals surface area contributed by atoms with Crippen LogP contribution in [0.15, 0.2) is 24.5 Å². The third-order valence-electron chi connectivity index (χ3n) is 2.43. The van der Waals surface area contributed by atoms with Crippen molar-refractivity contribution < 1.29 is 9.53 Å². The van der Waals surface area contributed by atoms with Gasteiger partial charge >= 0.3 is 6.09 Å². The summed E-state index contributed by atoms with van der Waals surface area (Å²) in [6, 6.07) is 3.74. The van der Waals surface area contributed by atoms with Crippen LogP contribution >= 0.6 is 0 Å². The van der Waals surface area contributed by atoms with E-state index < -0.39 is 5.60 Å². The first-order chi connectivity index (χ1) is 7.81. The lowest BCUT2D eigenvalue weighted by atomic mass is 10.1. The second kappa shape index (κ2) is 5.17. The molecule has 17 heavy (non-hydrogen) atoms. The largest absolute Gasteiger partial charge is 0.444 e. The molecule has 0 aromatic carbocycles. The van der Waals surface area contributed by atoms with Gasteiger partial charge in [-0.25, -0.2) is 4.79 Å². The number of hydrogen-bond acceptors (Lipinski definition) is 3. The molecule has 1 atom stereocenters. The van der Waals surface area contributed by atoms with E-state index in [9.17, 15) is 4.79 Å². The van der Waals surface area contributed by atoms with Gasteiger partial charge in [0.1, 0.15) is 5.60 Å². The Balaban J connectivity index is 2.70. The van der Waals surface area contributed by atoms with Crippen molar-refractivity contribution in [2.45, 2.75) is 39.3 Å². The van der Waals surface area contributed by atoms with E-state index in [1.165, 1.54) is 0 Å². The van der Waals surface area contributed by atoms with E-state index in [4.69, 9.17) is 4.74 Å². The van der Waals surface area contributed by atoms with Crippen molar-refractivity contribution in [1.29, 1.82) is 0 Å². The fraction of sp³-hybridized carbons (Fsp3) is 0.538. The summed E-state index contributed by atoms with van der Waals surface area (Å²) >= 11 is 0. The third kappa shape index (κ3) is 4.06. The van der Waals surface area contributed by atoms with Gasteiger partial charge in [-0.15, -0.1) is 0 Å². The topological polar surface area (TPSA) is 42.4 Å². The predicted molar refractivity (Wildman–Crippen MR) is 66.6 cm³/mol. The summed E-state index contributed by atoms with van der Waals surface area (Å²) in [5.74, 6) is 0. The monoisotopic (exact) mass is 236 g/mol. The van der Waals surface area contributed by atoms with Crippen molar-refractivity contribution >= 4 is 6.09 Å². The van der Waals surface area contributed by atoms with Crippen LogP contribution in [0.5, 0.6) is 0 Å². The van der Waals surface area contributed by atoms with Crippen LogP contribution in [-0.4, -0.2) is 28.6 Å². The molecular weight excluding hydrogens is 216 g/mol. The highest BCUT2D eigenvalue weighted by atomic mass is 16.6. The Hall–Kier alpha value is -1.58. The van der Waals surface area contributed by atoms with E-state index in [0.717, 1.165) is 5.56 Å². The van der Waals surface area contributed by atoms with Crippen LogP contribution in [0.2, 0.25) is 0 Å². The van der Waals surface area contributed by atoms with Gasteiger partial charge in [0.2, 0.25) is 0 Å². The highest BCUT2D eigenvalue weighted by Gasteiger charge is 2.23. The van der Waals surface area contributed by atoms with E-state index in [0.29, 0.717) is 0 Å². The molecule has 0 aliphatic rings. The van der Waals surface area contributed by atoms with Gasteiger partial charge in [-0.1, -0.05) is 6.07 Å². The number of rotatable bonds is 2. The molecule has 4 nitrogen and oxygen atoms in total. The van der Waals surface area contributed by atoms with Crippen molar-refractivity contribution in [2.75, 3.05) is 7.05 Å². The van der Waals surface area contributed by atoms with Gasteiger partial charge in [-0.2, -0.15) is 0 Å². The van der Waals surface area contributed by atoms with E-state index in [1.807, 2.05) is 39.8 Å². The van der Waals surface area contributed by atoms with Crippen LogP contribution in [0, 0.1) is 0 Å². The number of amides is 1. The van der Waals surface area contributed by atoms with E-state index >= 15 is 0 Å². The highest BCUT2D eigenvalue weighted by Crippen LogP contribution is 2.20. The van der Waals surface area contributed by atoms with Crippen molar-refractivity contribution in [1.82, 2.24) is 9.88 Å². The Bertz CT molecular complexity index is 371. The molecule has 1 rings (SSSR count). The molecule has 0 aliphatic heterocycles. The summed E-state index contributed by atoms with van der Waals surface area (Å²) in [5, 5.41) is 0. The summed E-state index contributed by atoms with van der Waals surface area (Å²) < 4.78 is 5.31. The number of pyridine rings is 1. The SMILES string of the molecule is CC(c1cccnc1)N(C)C(=O)OC(C)(C)C. The summed E-state index contributed by atoms with van der Waals surface area (Å²) in [6.45, 7) is 7.51. The lowest BCUT2D eigenvalue weighted by Crippen LogP contribution is -2.35. The zero-order chi connectivity index (χ0) is 13.1. The van der Waals surface area contributed by atoms with Crippen molar-refractivity contribution in [2.24, 2.45) is 0 Å². The molecule has 0 aliphatic carbocycles. The summed E-state index contributed by atoms with van der Waals surface area (Å²) in [4.78, 5) is 17.5. The molecule has 0 radical (unpaired) electrons. The van der Waals surface area contributed by atoms with Gasteiger partial charge in [-0.05, 0) is 39.3 Å². The van der Waals surface area contributed by atoms with Crippen LogP contribution < -0.4 is 0 Å². The fourth-order valence-electron chi connectivity index (χ4n) is 1.34. The van der Waals surface area contributed by atoms with Crippen molar-refractivity contribution in [3.05, 3.63) is 30.1 Å². The second-order valence-electron chi connectivity index (χ2n) is 5.05. The lowest BCUT2D eigenvalue weighted by molar-refractivity contribution is 0.0233. The number of nitrogens with zero attached hydrogens (tertiary/aromatic N) is 2. The number of hydrogen-bond donors (Lipinski definition) is 0. The smallest absolute Gasteiger partial charge is 0.410 e. The molecule has 0 bridgehead atoms. The maximum Gasteiger partial charge on any atom is 0.410 e. The highest BCUT2D eigenvalue weighted by molar-refractivity contribution is 5.68. The third-order valence-corrected chi connectivity index (χ3v) is 2.43. The van der Waals surface area contributed by atoms with E-state index in [2.05, 4.69) is 4.98 Å². The molecule has 0 fully saturated rings. The molecule has 1 amide bonds. The Labute approximate surface area is 103 Å². The average Bonchev–Trinajstić information content (AvgIpc) is 2.26.